The van der Waals surface area contributed by atoms with E-state index in [1.54, 1.807) is 6.08 Å². The van der Waals surface area contributed by atoms with Crippen molar-refractivity contribution in [3.05, 3.63) is 11.1 Å². The lowest BCUT2D eigenvalue weighted by Gasteiger charge is -1.82. The Labute approximate surface area is 54.3 Å². The second-order valence-corrected chi connectivity index (χ2v) is 1.93. The van der Waals surface area contributed by atoms with Gasteiger partial charge in [0.15, 0.2) is 6.29 Å². The SMILES string of the molecule is CCC/C=C(\Cl)C=O. The number of rotatable bonds is 3. The van der Waals surface area contributed by atoms with Crippen molar-refractivity contribution in [2.24, 2.45) is 0 Å². The zero-order chi connectivity index (χ0) is 6.41. The Bertz CT molecular complexity index is 96.7. The first kappa shape index (κ1) is 7.70. The molecule has 0 aliphatic heterocycles. The molecule has 0 rings (SSSR count). The van der Waals surface area contributed by atoms with E-state index in [0.717, 1.165) is 12.8 Å². The molecule has 0 fully saturated rings. The number of allylic oxidation sites excluding steroid dienone is 2. The van der Waals surface area contributed by atoms with E-state index in [-0.39, 0.29) is 0 Å². The van der Waals surface area contributed by atoms with Gasteiger partial charge in [0.1, 0.15) is 0 Å². The van der Waals surface area contributed by atoms with Gasteiger partial charge in [0, 0.05) is 0 Å². The van der Waals surface area contributed by atoms with Crippen LogP contribution < -0.4 is 0 Å². The van der Waals surface area contributed by atoms with Crippen LogP contribution in [0.5, 0.6) is 0 Å². The molecule has 0 radical (unpaired) electrons. The summed E-state index contributed by atoms with van der Waals surface area (Å²) in [4.78, 5) is 9.81. The third-order valence-corrected chi connectivity index (χ3v) is 0.984. The minimum atomic E-state index is 0.312. The Balaban J connectivity index is 3.40. The van der Waals surface area contributed by atoms with Gasteiger partial charge in [0.2, 0.25) is 0 Å². The molecule has 46 valence electrons. The molecular weight excluding hydrogens is 124 g/mol. The van der Waals surface area contributed by atoms with Crippen LogP contribution in [0.15, 0.2) is 11.1 Å². The molecule has 8 heavy (non-hydrogen) atoms. The van der Waals surface area contributed by atoms with Crippen LogP contribution in [-0.2, 0) is 4.79 Å². The summed E-state index contributed by atoms with van der Waals surface area (Å²) in [6.07, 6.45) is 4.29. The van der Waals surface area contributed by atoms with Gasteiger partial charge in [-0.25, -0.2) is 0 Å². The summed E-state index contributed by atoms with van der Waals surface area (Å²) in [5.74, 6) is 0. The maximum Gasteiger partial charge on any atom is 0.161 e. The predicted molar refractivity (Wildman–Crippen MR) is 34.9 cm³/mol. The van der Waals surface area contributed by atoms with E-state index in [2.05, 4.69) is 0 Å². The predicted octanol–water partition coefficient (Wildman–Crippen LogP) is 2.11. The quantitative estimate of drug-likeness (QED) is 0.425. The van der Waals surface area contributed by atoms with Gasteiger partial charge in [-0.3, -0.25) is 4.79 Å². The number of halogens is 1. The average Bonchev–Trinajstić information content (AvgIpc) is 1.83. The van der Waals surface area contributed by atoms with Gasteiger partial charge < -0.3 is 0 Å². The molecule has 0 bridgehead atoms. The molecule has 0 unspecified atom stereocenters. The van der Waals surface area contributed by atoms with Crippen LogP contribution in [0.4, 0.5) is 0 Å². The Hall–Kier alpha value is -0.300. The van der Waals surface area contributed by atoms with Gasteiger partial charge in [0.05, 0.1) is 5.03 Å². The van der Waals surface area contributed by atoms with Crippen molar-refractivity contribution in [3.63, 3.8) is 0 Å². The highest BCUT2D eigenvalue weighted by Gasteiger charge is 1.82. The van der Waals surface area contributed by atoms with Crippen LogP contribution in [-0.4, -0.2) is 6.29 Å². The van der Waals surface area contributed by atoms with E-state index in [4.69, 9.17) is 11.6 Å². The summed E-state index contributed by atoms with van der Waals surface area (Å²) in [5, 5.41) is 0.312. The Morgan fingerprint density at radius 1 is 1.75 bits per heavy atom. The van der Waals surface area contributed by atoms with Crippen molar-refractivity contribution < 1.29 is 4.79 Å². The second-order valence-electron chi connectivity index (χ2n) is 1.50. The molecule has 0 aromatic carbocycles. The number of aldehydes is 1. The van der Waals surface area contributed by atoms with E-state index in [9.17, 15) is 4.79 Å². The first-order valence-corrected chi connectivity index (χ1v) is 3.00. The van der Waals surface area contributed by atoms with Gasteiger partial charge in [-0.15, -0.1) is 0 Å². The van der Waals surface area contributed by atoms with Crippen molar-refractivity contribution >= 4 is 17.9 Å². The fourth-order valence-corrected chi connectivity index (χ4v) is 0.439. The zero-order valence-electron chi connectivity index (χ0n) is 4.86. The van der Waals surface area contributed by atoms with E-state index >= 15 is 0 Å². The lowest BCUT2D eigenvalue weighted by molar-refractivity contribution is -0.104. The molecule has 0 saturated carbocycles. The zero-order valence-corrected chi connectivity index (χ0v) is 5.61. The Morgan fingerprint density at radius 2 is 2.38 bits per heavy atom. The molecule has 0 spiro atoms. The van der Waals surface area contributed by atoms with Gasteiger partial charge in [-0.05, 0) is 6.42 Å². The Morgan fingerprint density at radius 3 is 2.75 bits per heavy atom. The van der Waals surface area contributed by atoms with Crippen LogP contribution in [0.1, 0.15) is 19.8 Å². The molecule has 0 aromatic heterocycles. The number of carbonyl (C=O) groups excluding carboxylic acids is 1. The topological polar surface area (TPSA) is 17.1 Å². The Kier molecular flexibility index (Phi) is 4.67. The molecule has 0 saturated heterocycles. The maximum atomic E-state index is 9.81. The van der Waals surface area contributed by atoms with E-state index < -0.39 is 0 Å². The van der Waals surface area contributed by atoms with E-state index in [1.165, 1.54) is 0 Å². The molecule has 0 aliphatic rings. The summed E-state index contributed by atoms with van der Waals surface area (Å²) in [7, 11) is 0. The molecule has 2 heteroatoms. The van der Waals surface area contributed by atoms with Crippen molar-refractivity contribution in [2.45, 2.75) is 19.8 Å². The number of carbonyl (C=O) groups is 1. The molecule has 0 N–H and O–H groups in total. The average molecular weight is 133 g/mol. The van der Waals surface area contributed by atoms with Gasteiger partial charge in [-0.1, -0.05) is 31.0 Å². The highest BCUT2D eigenvalue weighted by atomic mass is 35.5. The summed E-state index contributed by atoms with van der Waals surface area (Å²) in [6.45, 7) is 2.03. The van der Waals surface area contributed by atoms with Crippen molar-refractivity contribution in [1.82, 2.24) is 0 Å². The third kappa shape index (κ3) is 3.88. The summed E-state index contributed by atoms with van der Waals surface area (Å²) < 4.78 is 0. The first-order valence-electron chi connectivity index (χ1n) is 2.62. The summed E-state index contributed by atoms with van der Waals surface area (Å²) in [5.41, 5.74) is 0. The second kappa shape index (κ2) is 4.85. The summed E-state index contributed by atoms with van der Waals surface area (Å²) >= 11 is 5.34. The number of hydrogen-bond donors (Lipinski definition) is 0. The fourth-order valence-electron chi connectivity index (χ4n) is 0.330. The van der Waals surface area contributed by atoms with Crippen LogP contribution in [0.25, 0.3) is 0 Å². The van der Waals surface area contributed by atoms with Crippen molar-refractivity contribution in [1.29, 1.82) is 0 Å². The highest BCUT2D eigenvalue weighted by molar-refractivity contribution is 6.38. The molecule has 0 atom stereocenters. The molecule has 0 amide bonds. The molecule has 1 nitrogen and oxygen atoms in total. The van der Waals surface area contributed by atoms with Crippen LogP contribution in [0.2, 0.25) is 0 Å². The van der Waals surface area contributed by atoms with Crippen molar-refractivity contribution in [3.8, 4) is 0 Å². The minimum Gasteiger partial charge on any atom is -0.297 e. The largest absolute Gasteiger partial charge is 0.297 e. The lowest BCUT2D eigenvalue weighted by Crippen LogP contribution is -1.70. The van der Waals surface area contributed by atoms with Crippen LogP contribution in [0.3, 0.4) is 0 Å². The standard InChI is InChI=1S/C6H9ClO/c1-2-3-4-6(7)5-8/h4-5H,2-3H2,1H3/b6-4-. The smallest absolute Gasteiger partial charge is 0.161 e. The normalized spacial score (nSPS) is 11.5. The first-order chi connectivity index (χ1) is 3.81. The molecule has 0 aromatic rings. The third-order valence-electron chi connectivity index (χ3n) is 0.741. The lowest BCUT2D eigenvalue weighted by atomic mass is 10.3. The van der Waals surface area contributed by atoms with Gasteiger partial charge in [0.25, 0.3) is 0 Å². The van der Waals surface area contributed by atoms with Crippen molar-refractivity contribution in [2.75, 3.05) is 0 Å². The maximum absolute atomic E-state index is 9.81. The summed E-state index contributed by atoms with van der Waals surface area (Å²) in [6, 6.07) is 0. The highest BCUT2D eigenvalue weighted by Crippen LogP contribution is 1.99. The molecule has 0 aliphatic carbocycles. The van der Waals surface area contributed by atoms with Crippen LogP contribution in [0, 0.1) is 0 Å². The van der Waals surface area contributed by atoms with Crippen LogP contribution >= 0.6 is 11.6 Å². The minimum absolute atomic E-state index is 0.312. The van der Waals surface area contributed by atoms with E-state index in [0.29, 0.717) is 11.3 Å². The number of hydrogen-bond acceptors (Lipinski definition) is 1. The van der Waals surface area contributed by atoms with Gasteiger partial charge >= 0.3 is 0 Å². The monoisotopic (exact) mass is 132 g/mol. The van der Waals surface area contributed by atoms with E-state index in [1.807, 2.05) is 6.92 Å². The molecular formula is C6H9ClO. The number of unbranched alkanes of at least 4 members (excludes halogenated alkanes) is 1. The fraction of sp³-hybridized carbons (Fsp3) is 0.500. The van der Waals surface area contributed by atoms with Gasteiger partial charge in [-0.2, -0.15) is 0 Å². The molecule has 0 heterocycles.